The molecule has 6 aliphatic rings. The van der Waals surface area contributed by atoms with Gasteiger partial charge in [0.2, 0.25) is 29.5 Å². The molecule has 6 saturated heterocycles. The summed E-state index contributed by atoms with van der Waals surface area (Å²) in [4.78, 5) is 168. The van der Waals surface area contributed by atoms with E-state index in [-0.39, 0.29) is 78.8 Å². The van der Waals surface area contributed by atoms with Crippen LogP contribution in [0.1, 0.15) is 142 Å². The van der Waals surface area contributed by atoms with Crippen LogP contribution in [0.25, 0.3) is 0 Å². The number of carbonyl (C=O) groups excluding carboxylic acids is 10. The number of β-lactam (4-membered cyclic amide) rings is 3. The molecule has 3 unspecified atom stereocenters. The second-order valence-electron chi connectivity index (χ2n) is 34.3. The average molecular weight is 1750 g/mol. The Morgan fingerprint density at radius 3 is 1.05 bits per heavy atom. The number of anilines is 3. The van der Waals surface area contributed by atoms with Gasteiger partial charge >= 0.3 is 36.2 Å². The number of hydrogen-bond donors (Lipinski definition) is 4. The maximum atomic E-state index is 13.7. The van der Waals surface area contributed by atoms with Crippen LogP contribution in [-0.4, -0.2) is 212 Å². The van der Waals surface area contributed by atoms with Crippen molar-refractivity contribution in [1.82, 2.24) is 55.0 Å². The zero-order valence-electron chi connectivity index (χ0n) is 72.7. The first kappa shape index (κ1) is 92.7. The van der Waals surface area contributed by atoms with E-state index in [2.05, 4.69) is 25.6 Å². The van der Waals surface area contributed by atoms with E-state index in [9.17, 15) is 71.0 Å². The fraction of sp³-hybridized carbons (Fsp3) is 0.404. The van der Waals surface area contributed by atoms with E-state index in [0.717, 1.165) is 73.8 Å². The number of nitrogens with one attached hydrogen (secondary N) is 2. The third-order valence-electron chi connectivity index (χ3n) is 23.3. The van der Waals surface area contributed by atoms with Crippen molar-refractivity contribution in [3.8, 4) is 11.5 Å². The standard InChI is InChI=1S/C36H42FN5O6.C35H39FN4O7.C23H26FN5O3/c1-36(2,3)48-35(46)41(21-23-8-14-28(47-5)15-9-23)30-20-24(16-17-39-30)19-29-31(32(43)38-4)42(33(29)44)34(45)40-18-6-7-26(22-40)25-10-12-27(37)13-11-25;1-35(2,3)47-34(45)39(20-22-7-13-27(46-4)14-8-22)29-19-23(15-16-37-29)18-28-30(32(42)43)40(31(28)41)33(44)38-17-5-6-25(21-38)24-9-11-26(36)12-10-24;1-26-21(30)20-18(11-14-8-9-27-19(25)12-14)22(31)29(20)23(32)28-10-2-3-16(13-28)15-4-6-17(24)7-5-15/h8-17,20,26,29,31H,6-7,18-19,21-22H2,1-5H3,(H,38,43);7-16,19,25,28,30H,5-6,17-18,20-21H2,1-4H3,(H,42,43);4-9,12,16,18,20H,2-3,10-11,13H2,1H3,(H2,25,27)(H,26,30)/t26?,29-,31+;25?,28-,30+;16?,18-,20+/m111/s1. The number of nitrogen functional groups attached to an aromatic ring is 1. The highest BCUT2D eigenvalue weighted by molar-refractivity contribution is 6.10. The van der Waals surface area contributed by atoms with Crippen LogP contribution in [0.2, 0.25) is 0 Å². The predicted molar refractivity (Wildman–Crippen MR) is 463 cm³/mol. The van der Waals surface area contributed by atoms with Crippen molar-refractivity contribution in [2.75, 3.05) is 83.1 Å². The summed E-state index contributed by atoms with van der Waals surface area (Å²) in [5.74, 6) is -4.65. The van der Waals surface area contributed by atoms with Crippen molar-refractivity contribution in [3.05, 3.63) is 238 Å². The Balaban J connectivity index is 0.000000177. The molecule has 670 valence electrons. The van der Waals surface area contributed by atoms with Crippen LogP contribution in [0.5, 0.6) is 11.5 Å². The Morgan fingerprint density at radius 1 is 0.441 bits per heavy atom. The first-order valence-corrected chi connectivity index (χ1v) is 42.3. The number of nitrogens with two attached hydrogens (primary N) is 1. The molecule has 0 spiro atoms. The number of urea groups is 3. The Labute approximate surface area is 734 Å². The second kappa shape index (κ2) is 40.7. The number of rotatable bonds is 20. The normalized spacial score (nSPS) is 20.3. The van der Waals surface area contributed by atoms with Crippen molar-refractivity contribution >= 4 is 83.2 Å². The van der Waals surface area contributed by atoms with Crippen LogP contribution in [0.3, 0.4) is 0 Å². The number of carbonyl (C=O) groups is 11. The molecule has 14 rings (SSSR count). The van der Waals surface area contributed by atoms with Gasteiger partial charge < -0.3 is 55.1 Å². The lowest BCUT2D eigenvalue weighted by atomic mass is 9.82. The summed E-state index contributed by atoms with van der Waals surface area (Å²) < 4.78 is 62.1. The van der Waals surface area contributed by atoms with Crippen LogP contribution in [-0.2, 0) is 70.6 Å². The van der Waals surface area contributed by atoms with Crippen molar-refractivity contribution < 1.29 is 90.0 Å². The Morgan fingerprint density at radius 2 is 0.748 bits per heavy atom. The van der Waals surface area contributed by atoms with Gasteiger partial charge in [-0.2, -0.15) is 0 Å². The number of carboxylic acids is 1. The smallest absolute Gasteiger partial charge is 0.416 e. The van der Waals surface area contributed by atoms with Crippen molar-refractivity contribution in [2.24, 2.45) is 17.8 Å². The third kappa shape index (κ3) is 22.6. The number of imide groups is 3. The number of likely N-dealkylation sites (tertiary alicyclic amines) is 6. The van der Waals surface area contributed by atoms with Gasteiger partial charge in [0.15, 0.2) is 6.04 Å². The van der Waals surface area contributed by atoms with Gasteiger partial charge in [0.25, 0.3) is 0 Å². The number of aliphatic carboxylic acids is 1. The lowest BCUT2D eigenvalue weighted by Gasteiger charge is -2.47. The van der Waals surface area contributed by atoms with Crippen LogP contribution in [0, 0.1) is 35.2 Å². The summed E-state index contributed by atoms with van der Waals surface area (Å²) in [5.41, 5.74) is 10.6. The van der Waals surface area contributed by atoms with E-state index in [1.165, 1.54) is 71.4 Å². The van der Waals surface area contributed by atoms with E-state index in [4.69, 9.17) is 24.7 Å². The number of halogens is 3. The number of hydrogen-bond acceptors (Lipinski definition) is 19. The summed E-state index contributed by atoms with van der Waals surface area (Å²) in [6.45, 7) is 13.3. The number of likely N-dealkylation sites (N-methyl/N-ethyl adjacent to an activating group) is 2. The minimum Gasteiger partial charge on any atom is -0.497 e. The number of aromatic nitrogens is 3. The molecule has 0 bridgehead atoms. The molecule has 3 aromatic heterocycles. The van der Waals surface area contributed by atoms with Gasteiger partial charge in [0.05, 0.1) is 45.1 Å². The fourth-order valence-corrected chi connectivity index (χ4v) is 16.8. The topological polar surface area (TPSA) is 360 Å². The Bertz CT molecular complexity index is 5310. The molecule has 9 heterocycles. The third-order valence-corrected chi connectivity index (χ3v) is 23.3. The first-order chi connectivity index (χ1) is 60.6. The molecule has 6 fully saturated rings. The molecule has 0 radical (unpaired) electrons. The quantitative estimate of drug-likeness (QED) is 0.0515. The zero-order valence-corrected chi connectivity index (χ0v) is 72.7. The summed E-state index contributed by atoms with van der Waals surface area (Å²) in [7, 11) is 6.10. The van der Waals surface area contributed by atoms with E-state index in [1.54, 1.807) is 175 Å². The summed E-state index contributed by atoms with van der Waals surface area (Å²) in [6, 6.07) is 38.4. The largest absolute Gasteiger partial charge is 0.497 e. The maximum Gasteiger partial charge on any atom is 0.416 e. The molecule has 5 N–H and O–H groups in total. The SMILES string of the molecule is CNC(=O)[C@@H]1[C@@H](Cc2ccnc(N(Cc3ccc(OC)cc3)C(=O)OC(C)(C)C)c2)C(=O)N1C(=O)N1CCCC(c2ccc(F)cc2)C1.CNC(=O)[C@@H]1[C@@H](Cc2ccnc(N)c2)C(=O)N1C(=O)N1CCCC(c2ccc(F)cc2)C1.COc1ccc(CN(C(=O)OC(C)(C)C)c2cc(C[C@H]3C(=O)N(C(=O)N4CCCC(c5ccc(F)cc5)C4)[C@@H]3C(=O)O)ccn2)cc1. The summed E-state index contributed by atoms with van der Waals surface area (Å²) in [5, 5.41) is 15.3. The highest BCUT2D eigenvalue weighted by Gasteiger charge is 2.58. The number of pyridine rings is 3. The first-order valence-electron chi connectivity index (χ1n) is 42.3. The van der Waals surface area contributed by atoms with E-state index in [1.807, 2.05) is 24.3 Å². The molecule has 0 aliphatic carbocycles. The maximum absolute atomic E-state index is 13.7. The van der Waals surface area contributed by atoms with Gasteiger partial charge in [0.1, 0.15) is 69.7 Å². The van der Waals surface area contributed by atoms with Crippen molar-refractivity contribution in [3.63, 3.8) is 0 Å². The van der Waals surface area contributed by atoms with Gasteiger partial charge in [-0.3, -0.25) is 43.6 Å². The molecule has 9 atom stereocenters. The zero-order chi connectivity index (χ0) is 91.3. The molecule has 6 aliphatic heterocycles. The second-order valence-corrected chi connectivity index (χ2v) is 34.3. The van der Waals surface area contributed by atoms with Crippen molar-refractivity contribution in [2.45, 2.75) is 160 Å². The minimum atomic E-state index is -1.35. The number of nitrogens with zero attached hydrogens (tertiary/aromatic N) is 11. The number of carboxylic acid groups (broad SMARTS) is 1. The summed E-state index contributed by atoms with van der Waals surface area (Å²) >= 11 is 0. The van der Waals surface area contributed by atoms with Gasteiger partial charge in [0, 0.05) is 89.7 Å². The van der Waals surface area contributed by atoms with Crippen LogP contribution in [0.4, 0.5) is 54.6 Å². The molecule has 5 aromatic carbocycles. The minimum absolute atomic E-state index is 0.00463. The van der Waals surface area contributed by atoms with Gasteiger partial charge in [-0.25, -0.2) is 61.8 Å². The number of piperidine rings is 3. The van der Waals surface area contributed by atoms with E-state index >= 15 is 0 Å². The average Bonchev–Trinajstić information content (AvgIpc) is 0.748. The number of benzene rings is 5. The van der Waals surface area contributed by atoms with Crippen LogP contribution < -0.4 is 35.6 Å². The fourth-order valence-electron chi connectivity index (χ4n) is 16.8. The lowest BCUT2D eigenvalue weighted by Crippen LogP contribution is -2.70. The number of amides is 13. The van der Waals surface area contributed by atoms with Gasteiger partial charge in [-0.15, -0.1) is 0 Å². The molecular weight excluding hydrogens is 1640 g/mol. The highest BCUT2D eigenvalue weighted by atomic mass is 19.1. The molecule has 30 nitrogen and oxygen atoms in total. The van der Waals surface area contributed by atoms with Crippen LogP contribution in [0.15, 0.2) is 176 Å². The Kier molecular flexibility index (Phi) is 29.7. The van der Waals surface area contributed by atoms with Crippen LogP contribution >= 0.6 is 0 Å². The molecule has 127 heavy (non-hydrogen) atoms. The molecule has 8 aromatic rings. The van der Waals surface area contributed by atoms with Gasteiger partial charge in [-0.1, -0.05) is 60.7 Å². The molecule has 13 amide bonds. The van der Waals surface area contributed by atoms with E-state index in [0.29, 0.717) is 92.8 Å². The Hall–Kier alpha value is -13.5. The summed E-state index contributed by atoms with van der Waals surface area (Å²) in [6.07, 6.45) is 8.47. The number of ether oxygens (including phenoxy) is 4. The van der Waals surface area contributed by atoms with Crippen molar-refractivity contribution in [1.29, 1.82) is 0 Å². The van der Waals surface area contributed by atoms with E-state index < -0.39 is 101 Å². The monoisotopic (exact) mass is 1740 g/mol. The highest BCUT2D eigenvalue weighted by Crippen LogP contribution is 2.40. The lowest BCUT2D eigenvalue weighted by molar-refractivity contribution is -0.166. The molecule has 33 heteroatoms. The number of methoxy groups -OCH3 is 2. The predicted octanol–water partition coefficient (Wildman–Crippen LogP) is 12.8. The molecule has 0 saturated carbocycles. The van der Waals surface area contributed by atoms with Gasteiger partial charge in [-0.05, 0) is 241 Å². The molecular formula is C94H107F3N14O16.